The van der Waals surface area contributed by atoms with Gasteiger partial charge in [0.2, 0.25) is 0 Å². The number of ether oxygens (including phenoxy) is 4. The summed E-state index contributed by atoms with van der Waals surface area (Å²) in [5, 5.41) is 10.6. The number of phosphoric ester groups is 2. The van der Waals surface area contributed by atoms with Crippen molar-refractivity contribution in [3.05, 3.63) is 0 Å². The fourth-order valence-electron chi connectivity index (χ4n) is 11.9. The van der Waals surface area contributed by atoms with E-state index in [2.05, 4.69) is 41.5 Å². The first-order valence-corrected chi connectivity index (χ1v) is 43.6. The summed E-state index contributed by atoms with van der Waals surface area (Å²) < 4.78 is 68.4. The zero-order valence-corrected chi connectivity index (χ0v) is 65.2. The molecule has 17 nitrogen and oxygen atoms in total. The predicted molar refractivity (Wildman–Crippen MR) is 395 cm³/mol. The molecule has 19 heteroatoms. The molecule has 0 rings (SSSR count). The van der Waals surface area contributed by atoms with Crippen LogP contribution >= 0.6 is 15.6 Å². The quantitative estimate of drug-likeness (QED) is 0.0222. The molecule has 97 heavy (non-hydrogen) atoms. The molecule has 0 spiro atoms. The Bertz CT molecular complexity index is 1880. The van der Waals surface area contributed by atoms with E-state index in [4.69, 9.17) is 37.0 Å². The molecule has 7 atom stereocenters. The molecular weight excluding hydrogens is 1270 g/mol. The minimum absolute atomic E-state index is 0.107. The highest BCUT2D eigenvalue weighted by molar-refractivity contribution is 7.47. The van der Waals surface area contributed by atoms with Crippen molar-refractivity contribution in [2.24, 2.45) is 11.8 Å². The molecule has 0 saturated carbocycles. The van der Waals surface area contributed by atoms with Gasteiger partial charge >= 0.3 is 39.5 Å². The van der Waals surface area contributed by atoms with Gasteiger partial charge in [0.25, 0.3) is 0 Å². The number of phosphoric acid groups is 2. The Hall–Kier alpha value is -1.94. The Kier molecular flexibility index (Phi) is 68.4. The lowest BCUT2D eigenvalue weighted by Gasteiger charge is -2.21. The number of hydrogen-bond donors (Lipinski definition) is 3. The summed E-state index contributed by atoms with van der Waals surface area (Å²) in [6, 6.07) is 0. The molecule has 0 aromatic heterocycles. The summed E-state index contributed by atoms with van der Waals surface area (Å²) in [7, 11) is -9.90. The van der Waals surface area contributed by atoms with Gasteiger partial charge < -0.3 is 33.8 Å². The van der Waals surface area contributed by atoms with Crippen molar-refractivity contribution in [1.82, 2.24) is 0 Å². The number of aliphatic hydroxyl groups excluding tert-OH is 1. The van der Waals surface area contributed by atoms with Crippen molar-refractivity contribution < 1.29 is 80.2 Å². The van der Waals surface area contributed by atoms with Crippen LogP contribution in [0.15, 0.2) is 0 Å². The van der Waals surface area contributed by atoms with Gasteiger partial charge in [-0.3, -0.25) is 37.3 Å². The highest BCUT2D eigenvalue weighted by Crippen LogP contribution is 2.45. The van der Waals surface area contributed by atoms with E-state index in [9.17, 15) is 43.2 Å². The summed E-state index contributed by atoms with van der Waals surface area (Å²) in [5.74, 6) is -0.427. The largest absolute Gasteiger partial charge is 0.472 e. The summed E-state index contributed by atoms with van der Waals surface area (Å²) >= 11 is 0. The molecule has 0 aromatic rings. The van der Waals surface area contributed by atoms with Crippen LogP contribution in [0.3, 0.4) is 0 Å². The molecule has 0 saturated heterocycles. The fraction of sp³-hybridized carbons (Fsp3) is 0.949. The van der Waals surface area contributed by atoms with Crippen molar-refractivity contribution in [2.75, 3.05) is 39.6 Å². The lowest BCUT2D eigenvalue weighted by molar-refractivity contribution is -0.161. The molecule has 0 bridgehead atoms. The van der Waals surface area contributed by atoms with Crippen LogP contribution in [0.2, 0.25) is 0 Å². The Morgan fingerprint density at radius 1 is 0.289 bits per heavy atom. The van der Waals surface area contributed by atoms with Gasteiger partial charge in [0, 0.05) is 25.7 Å². The van der Waals surface area contributed by atoms with Crippen LogP contribution in [0.5, 0.6) is 0 Å². The van der Waals surface area contributed by atoms with Crippen molar-refractivity contribution in [2.45, 2.75) is 426 Å². The maximum absolute atomic E-state index is 13.1. The van der Waals surface area contributed by atoms with E-state index in [0.717, 1.165) is 108 Å². The molecular formula is C78H152O17P2. The number of hydrogen-bond acceptors (Lipinski definition) is 15. The minimum atomic E-state index is -4.96. The first kappa shape index (κ1) is 95.1. The Morgan fingerprint density at radius 3 is 0.732 bits per heavy atom. The minimum Gasteiger partial charge on any atom is -0.462 e. The van der Waals surface area contributed by atoms with Gasteiger partial charge in [-0.2, -0.15) is 0 Å². The molecule has 0 fully saturated rings. The van der Waals surface area contributed by atoms with Crippen molar-refractivity contribution in [3.63, 3.8) is 0 Å². The zero-order chi connectivity index (χ0) is 71.4. The molecule has 0 aliphatic carbocycles. The number of aliphatic hydroxyl groups is 1. The number of carbonyl (C=O) groups is 4. The average Bonchev–Trinajstić information content (AvgIpc) is 1.33. The maximum atomic E-state index is 13.1. The first-order chi connectivity index (χ1) is 46.9. The molecule has 0 amide bonds. The lowest BCUT2D eigenvalue weighted by Crippen LogP contribution is -2.30. The van der Waals surface area contributed by atoms with E-state index in [1.807, 2.05) is 0 Å². The van der Waals surface area contributed by atoms with Crippen LogP contribution in [0.4, 0.5) is 0 Å². The molecule has 0 radical (unpaired) electrons. The lowest BCUT2D eigenvalue weighted by atomic mass is 9.99. The summed E-state index contributed by atoms with van der Waals surface area (Å²) in [4.78, 5) is 72.6. The fourth-order valence-corrected chi connectivity index (χ4v) is 13.5. The van der Waals surface area contributed by atoms with Gasteiger partial charge in [-0.15, -0.1) is 0 Å². The van der Waals surface area contributed by atoms with E-state index in [0.29, 0.717) is 25.7 Å². The van der Waals surface area contributed by atoms with Gasteiger partial charge in [-0.25, -0.2) is 9.13 Å². The molecule has 4 unspecified atom stereocenters. The smallest absolute Gasteiger partial charge is 0.462 e. The zero-order valence-electron chi connectivity index (χ0n) is 63.4. The summed E-state index contributed by atoms with van der Waals surface area (Å²) in [6.07, 6.45) is 58.5. The van der Waals surface area contributed by atoms with Crippen LogP contribution in [-0.4, -0.2) is 96.7 Å². The Balaban J connectivity index is 5.14. The number of rotatable bonds is 77. The van der Waals surface area contributed by atoms with Crippen molar-refractivity contribution in [3.8, 4) is 0 Å². The number of esters is 4. The van der Waals surface area contributed by atoms with E-state index >= 15 is 0 Å². The highest BCUT2D eigenvalue weighted by atomic mass is 31.2. The third-order valence-electron chi connectivity index (χ3n) is 18.9. The molecule has 0 aliphatic rings. The van der Waals surface area contributed by atoms with Crippen LogP contribution in [0.25, 0.3) is 0 Å². The van der Waals surface area contributed by atoms with Gasteiger partial charge in [-0.05, 0) is 37.5 Å². The van der Waals surface area contributed by atoms with Gasteiger partial charge in [0.1, 0.15) is 19.3 Å². The standard InChI is InChI=1S/C78H152O17P2/c1-7-11-13-15-16-17-18-19-20-21-29-34-39-44-50-56-62-77(82)94-73(66-88-75(80)60-54-46-14-12-8-2)68-92-96(84,85)90-64-72(79)65-91-97(86,87)93-69-74(95-78(83)63-57-51-45-40-35-30-25-23-27-32-37-42-48-53-59-71(6)10-4)67-89-76(81)61-55-49-43-38-33-28-24-22-26-31-36-41-47-52-58-70(5)9-3/h70-74,79H,7-69H2,1-6H3,(H,84,85)(H,86,87)/t70?,71?,72-,73+,74+/m0/s1. The normalized spacial score (nSPS) is 14.5. The van der Waals surface area contributed by atoms with E-state index < -0.39 is 97.5 Å². The SMILES string of the molecule is CCCCCCCCCCCCCCCCCCC(=O)O[C@H](COC(=O)CCCCCCC)COP(=O)(O)OC[C@H](O)COP(=O)(O)OC[C@@H](COC(=O)CCCCCCCCCCCCCCCCC(C)CC)OC(=O)CCCCCCCCCCCCCCCCC(C)CC. The van der Waals surface area contributed by atoms with Crippen molar-refractivity contribution >= 4 is 39.5 Å². The van der Waals surface area contributed by atoms with Crippen LogP contribution in [-0.2, 0) is 65.4 Å². The maximum Gasteiger partial charge on any atom is 0.472 e. The number of carbonyl (C=O) groups excluding carboxylic acids is 4. The average molecular weight is 1420 g/mol. The second-order valence-electron chi connectivity index (χ2n) is 28.6. The second-order valence-corrected chi connectivity index (χ2v) is 31.5. The van der Waals surface area contributed by atoms with Crippen LogP contribution in [0.1, 0.15) is 408 Å². The monoisotopic (exact) mass is 1420 g/mol. The van der Waals surface area contributed by atoms with E-state index in [1.54, 1.807) is 0 Å². The van der Waals surface area contributed by atoms with Crippen LogP contribution in [0, 0.1) is 11.8 Å². The third-order valence-corrected chi connectivity index (χ3v) is 20.8. The Morgan fingerprint density at radius 2 is 0.495 bits per heavy atom. The molecule has 576 valence electrons. The molecule has 3 N–H and O–H groups in total. The highest BCUT2D eigenvalue weighted by Gasteiger charge is 2.30. The topological polar surface area (TPSA) is 237 Å². The van der Waals surface area contributed by atoms with Gasteiger partial charge in [0.15, 0.2) is 12.2 Å². The first-order valence-electron chi connectivity index (χ1n) is 40.6. The van der Waals surface area contributed by atoms with Gasteiger partial charge in [-0.1, -0.05) is 356 Å². The summed E-state index contributed by atoms with van der Waals surface area (Å²) in [6.45, 7) is 9.64. The molecule has 0 aliphatic heterocycles. The predicted octanol–water partition coefficient (Wildman–Crippen LogP) is 23.1. The van der Waals surface area contributed by atoms with Gasteiger partial charge in [0.05, 0.1) is 26.4 Å². The van der Waals surface area contributed by atoms with E-state index in [-0.39, 0.29) is 25.7 Å². The Labute approximate surface area is 594 Å². The second kappa shape index (κ2) is 69.8. The molecule has 0 aromatic carbocycles. The number of unbranched alkanes of at least 4 members (excludes halogenated alkanes) is 45. The third kappa shape index (κ3) is 69.5. The van der Waals surface area contributed by atoms with Crippen LogP contribution < -0.4 is 0 Å². The molecule has 0 heterocycles. The van der Waals surface area contributed by atoms with Crippen molar-refractivity contribution in [1.29, 1.82) is 0 Å². The summed E-state index contributed by atoms with van der Waals surface area (Å²) in [5.41, 5.74) is 0. The van der Waals surface area contributed by atoms with E-state index in [1.165, 1.54) is 218 Å².